The number of H-pyrrole nitrogens is 1. The molecule has 122 valence electrons. The Hall–Kier alpha value is -2.09. The second-order valence-electron chi connectivity index (χ2n) is 5.40. The summed E-state index contributed by atoms with van der Waals surface area (Å²) in [6.45, 7) is 2.92. The van der Waals surface area contributed by atoms with Gasteiger partial charge in [0.2, 0.25) is 0 Å². The first-order valence-electron chi connectivity index (χ1n) is 7.49. The lowest BCUT2D eigenvalue weighted by atomic mass is 10.2. The van der Waals surface area contributed by atoms with Gasteiger partial charge in [0.05, 0.1) is 0 Å². The van der Waals surface area contributed by atoms with E-state index in [1.807, 2.05) is 6.92 Å². The summed E-state index contributed by atoms with van der Waals surface area (Å²) < 4.78 is 6.63. The molecule has 2 rings (SSSR count). The van der Waals surface area contributed by atoms with Crippen molar-refractivity contribution in [2.75, 3.05) is 24.3 Å². The van der Waals surface area contributed by atoms with Crippen molar-refractivity contribution in [3.05, 3.63) is 20.8 Å². The SMILES string of the molecule is CCCCn1c(N)c(N(C)C(=O)[C@H]2CCCO2)c(=O)[nH]c1=O. The second-order valence-corrected chi connectivity index (χ2v) is 5.40. The third kappa shape index (κ3) is 3.06. The number of carbonyl (C=O) groups is 1. The second kappa shape index (κ2) is 6.78. The normalized spacial score (nSPS) is 17.6. The fraction of sp³-hybridized carbons (Fsp3) is 0.643. The number of aromatic nitrogens is 2. The van der Waals surface area contributed by atoms with E-state index in [1.54, 1.807) is 0 Å². The summed E-state index contributed by atoms with van der Waals surface area (Å²) >= 11 is 0. The van der Waals surface area contributed by atoms with Crippen molar-refractivity contribution >= 4 is 17.4 Å². The zero-order valence-corrected chi connectivity index (χ0v) is 12.9. The molecule has 1 aromatic heterocycles. The van der Waals surface area contributed by atoms with Crippen molar-refractivity contribution in [2.45, 2.75) is 45.3 Å². The van der Waals surface area contributed by atoms with E-state index in [0.29, 0.717) is 19.6 Å². The molecule has 1 aliphatic rings. The van der Waals surface area contributed by atoms with Gasteiger partial charge in [0.25, 0.3) is 11.5 Å². The third-order valence-electron chi connectivity index (χ3n) is 3.82. The van der Waals surface area contributed by atoms with Crippen molar-refractivity contribution in [3.8, 4) is 0 Å². The highest BCUT2D eigenvalue weighted by Crippen LogP contribution is 2.20. The molecule has 1 atom stereocenters. The van der Waals surface area contributed by atoms with Gasteiger partial charge in [-0.1, -0.05) is 13.3 Å². The fourth-order valence-corrected chi connectivity index (χ4v) is 2.54. The number of ether oxygens (including phenoxy) is 1. The predicted octanol–water partition coefficient (Wildman–Crippen LogP) is 0.0607. The number of carbonyl (C=O) groups excluding carboxylic acids is 1. The van der Waals surface area contributed by atoms with Crippen LogP contribution >= 0.6 is 0 Å². The first-order chi connectivity index (χ1) is 10.5. The number of nitrogen functional groups attached to an aromatic ring is 1. The minimum absolute atomic E-state index is 0.00352. The quantitative estimate of drug-likeness (QED) is 0.799. The fourth-order valence-electron chi connectivity index (χ4n) is 2.54. The van der Waals surface area contributed by atoms with Crippen molar-refractivity contribution in [1.29, 1.82) is 0 Å². The molecule has 0 bridgehead atoms. The van der Waals surface area contributed by atoms with Gasteiger partial charge in [-0.3, -0.25) is 19.1 Å². The molecule has 1 fully saturated rings. The number of rotatable bonds is 5. The van der Waals surface area contributed by atoms with Crippen molar-refractivity contribution in [3.63, 3.8) is 0 Å². The minimum atomic E-state index is -0.663. The average molecular weight is 310 g/mol. The van der Waals surface area contributed by atoms with Crippen LogP contribution in [-0.4, -0.2) is 35.2 Å². The Morgan fingerprint density at radius 3 is 2.82 bits per heavy atom. The maximum atomic E-state index is 12.4. The molecule has 1 saturated heterocycles. The number of amides is 1. The first-order valence-corrected chi connectivity index (χ1v) is 7.49. The summed E-state index contributed by atoms with van der Waals surface area (Å²) in [6.07, 6.45) is 2.51. The van der Waals surface area contributed by atoms with Gasteiger partial charge in [0.1, 0.15) is 11.9 Å². The van der Waals surface area contributed by atoms with Crippen molar-refractivity contribution < 1.29 is 9.53 Å². The average Bonchev–Trinajstić information content (AvgIpc) is 3.00. The lowest BCUT2D eigenvalue weighted by Crippen LogP contribution is -2.42. The van der Waals surface area contributed by atoms with Crippen LogP contribution in [0.25, 0.3) is 0 Å². The van der Waals surface area contributed by atoms with Gasteiger partial charge in [0.15, 0.2) is 5.69 Å². The molecular formula is C14H22N4O4. The van der Waals surface area contributed by atoms with Crippen LogP contribution in [0.5, 0.6) is 0 Å². The molecule has 0 aromatic carbocycles. The van der Waals surface area contributed by atoms with E-state index in [0.717, 1.165) is 19.3 Å². The Kier molecular flexibility index (Phi) is 5.02. The van der Waals surface area contributed by atoms with Gasteiger partial charge in [-0.15, -0.1) is 0 Å². The van der Waals surface area contributed by atoms with E-state index in [1.165, 1.54) is 16.5 Å². The molecular weight excluding hydrogens is 288 g/mol. The third-order valence-corrected chi connectivity index (χ3v) is 3.82. The Bertz CT molecular complexity index is 658. The van der Waals surface area contributed by atoms with Gasteiger partial charge < -0.3 is 15.4 Å². The number of aromatic amines is 1. The number of hydrogen-bond donors (Lipinski definition) is 2. The first kappa shape index (κ1) is 16.3. The smallest absolute Gasteiger partial charge is 0.330 e. The van der Waals surface area contributed by atoms with Crippen LogP contribution in [0.15, 0.2) is 9.59 Å². The van der Waals surface area contributed by atoms with Gasteiger partial charge in [0, 0.05) is 20.2 Å². The highest BCUT2D eigenvalue weighted by atomic mass is 16.5. The van der Waals surface area contributed by atoms with Crippen LogP contribution in [0.2, 0.25) is 0 Å². The largest absolute Gasteiger partial charge is 0.383 e. The summed E-state index contributed by atoms with van der Waals surface area (Å²) in [5.74, 6) is -0.313. The van der Waals surface area contributed by atoms with E-state index >= 15 is 0 Å². The van der Waals surface area contributed by atoms with Crippen LogP contribution in [-0.2, 0) is 16.1 Å². The van der Waals surface area contributed by atoms with Gasteiger partial charge in [-0.2, -0.15) is 0 Å². The zero-order valence-electron chi connectivity index (χ0n) is 12.9. The topological polar surface area (TPSA) is 110 Å². The molecule has 3 N–H and O–H groups in total. The van der Waals surface area contributed by atoms with E-state index in [9.17, 15) is 14.4 Å². The monoisotopic (exact) mass is 310 g/mol. The number of hydrogen-bond acceptors (Lipinski definition) is 5. The number of unbranched alkanes of at least 4 members (excludes halogenated alkanes) is 1. The standard InChI is InChI=1S/C14H22N4O4/c1-3-4-7-18-11(15)10(12(19)16-14(18)21)17(2)13(20)9-6-5-8-22-9/h9H,3-8,15H2,1-2H3,(H,16,19,21)/t9-/m1/s1. The lowest BCUT2D eigenvalue weighted by molar-refractivity contribution is -0.127. The summed E-state index contributed by atoms with van der Waals surface area (Å²) in [4.78, 5) is 39.7. The van der Waals surface area contributed by atoms with E-state index < -0.39 is 17.4 Å². The molecule has 1 aliphatic heterocycles. The van der Waals surface area contributed by atoms with Gasteiger partial charge in [-0.05, 0) is 19.3 Å². The number of nitrogens with one attached hydrogen (secondary N) is 1. The molecule has 0 aliphatic carbocycles. The molecule has 0 unspecified atom stereocenters. The summed E-state index contributed by atoms with van der Waals surface area (Å²) in [5, 5.41) is 0. The predicted molar refractivity (Wildman–Crippen MR) is 83.0 cm³/mol. The number of anilines is 2. The van der Waals surface area contributed by atoms with Crippen molar-refractivity contribution in [1.82, 2.24) is 9.55 Å². The maximum absolute atomic E-state index is 12.4. The molecule has 22 heavy (non-hydrogen) atoms. The van der Waals surface area contributed by atoms with Crippen LogP contribution < -0.4 is 21.9 Å². The molecule has 8 nitrogen and oxygen atoms in total. The number of nitrogens with two attached hydrogens (primary N) is 1. The Labute approximate surface area is 127 Å². The molecule has 1 amide bonds. The molecule has 0 radical (unpaired) electrons. The summed E-state index contributed by atoms with van der Waals surface area (Å²) in [5.41, 5.74) is 4.75. The summed E-state index contributed by atoms with van der Waals surface area (Å²) in [6, 6.07) is 0. The Morgan fingerprint density at radius 1 is 1.50 bits per heavy atom. The molecule has 8 heteroatoms. The van der Waals surface area contributed by atoms with Crippen LogP contribution in [0, 0.1) is 0 Å². The van der Waals surface area contributed by atoms with Crippen LogP contribution in [0.1, 0.15) is 32.6 Å². The van der Waals surface area contributed by atoms with E-state index in [2.05, 4.69) is 4.98 Å². The zero-order chi connectivity index (χ0) is 16.3. The maximum Gasteiger partial charge on any atom is 0.330 e. The van der Waals surface area contributed by atoms with E-state index in [4.69, 9.17) is 10.5 Å². The molecule has 0 spiro atoms. The Morgan fingerprint density at radius 2 is 2.23 bits per heavy atom. The number of nitrogens with zero attached hydrogens (tertiary/aromatic N) is 2. The van der Waals surface area contributed by atoms with Crippen molar-refractivity contribution in [2.24, 2.45) is 0 Å². The highest BCUT2D eigenvalue weighted by molar-refractivity contribution is 5.98. The number of likely N-dealkylation sites (N-methyl/N-ethyl adjacent to an activating group) is 1. The summed E-state index contributed by atoms with van der Waals surface area (Å²) in [7, 11) is 1.47. The van der Waals surface area contributed by atoms with Crippen LogP contribution in [0.4, 0.5) is 11.5 Å². The molecule has 1 aromatic rings. The molecule has 0 saturated carbocycles. The molecule has 2 heterocycles. The van der Waals surface area contributed by atoms with Gasteiger partial charge >= 0.3 is 5.69 Å². The van der Waals surface area contributed by atoms with Crippen LogP contribution in [0.3, 0.4) is 0 Å². The van der Waals surface area contributed by atoms with Gasteiger partial charge in [-0.25, -0.2) is 4.79 Å². The Balaban J connectivity index is 2.38. The lowest BCUT2D eigenvalue weighted by Gasteiger charge is -2.22. The highest BCUT2D eigenvalue weighted by Gasteiger charge is 2.30. The van der Waals surface area contributed by atoms with E-state index in [-0.39, 0.29) is 17.4 Å². The minimum Gasteiger partial charge on any atom is -0.383 e.